The molecule has 0 aromatic heterocycles. The Kier molecular flexibility index (Phi) is 5.77. The standard InChI is InChI=1S/C14H18O4/c1-3-4-9-18-14(16)8-6-11-5-7-12(15)13(10-11)17-2/h5-8,10,15H,3-4,9H2,1-2H3. The molecule has 0 unspecified atom stereocenters. The lowest BCUT2D eigenvalue weighted by molar-refractivity contribution is -0.137. The van der Waals surface area contributed by atoms with Crippen LogP contribution in [0.25, 0.3) is 6.08 Å². The van der Waals surface area contributed by atoms with Gasteiger partial charge in [-0.3, -0.25) is 0 Å². The van der Waals surface area contributed by atoms with Crippen molar-refractivity contribution in [1.82, 2.24) is 0 Å². The number of methoxy groups -OCH3 is 1. The molecule has 0 aliphatic carbocycles. The zero-order valence-electron chi connectivity index (χ0n) is 10.7. The number of aromatic hydroxyl groups is 1. The van der Waals surface area contributed by atoms with E-state index in [1.54, 1.807) is 18.2 Å². The first-order valence-electron chi connectivity index (χ1n) is 5.89. The first kappa shape index (κ1) is 14.1. The lowest BCUT2D eigenvalue weighted by atomic mass is 10.2. The van der Waals surface area contributed by atoms with Crippen molar-refractivity contribution in [2.75, 3.05) is 13.7 Å². The van der Waals surface area contributed by atoms with Gasteiger partial charge in [0.25, 0.3) is 0 Å². The van der Waals surface area contributed by atoms with E-state index in [1.165, 1.54) is 19.3 Å². The van der Waals surface area contributed by atoms with Crippen molar-refractivity contribution in [2.24, 2.45) is 0 Å². The van der Waals surface area contributed by atoms with Gasteiger partial charge in [0.15, 0.2) is 11.5 Å². The van der Waals surface area contributed by atoms with Crippen LogP contribution < -0.4 is 4.74 Å². The molecule has 98 valence electrons. The fraction of sp³-hybridized carbons (Fsp3) is 0.357. The van der Waals surface area contributed by atoms with Crippen LogP contribution >= 0.6 is 0 Å². The second kappa shape index (κ2) is 7.37. The molecule has 4 nitrogen and oxygen atoms in total. The van der Waals surface area contributed by atoms with Crippen molar-refractivity contribution in [2.45, 2.75) is 19.8 Å². The van der Waals surface area contributed by atoms with Gasteiger partial charge in [0.05, 0.1) is 13.7 Å². The van der Waals surface area contributed by atoms with Crippen molar-refractivity contribution in [3.63, 3.8) is 0 Å². The highest BCUT2D eigenvalue weighted by atomic mass is 16.5. The number of carbonyl (C=O) groups is 1. The third-order valence-corrected chi connectivity index (χ3v) is 2.36. The van der Waals surface area contributed by atoms with Gasteiger partial charge in [-0.15, -0.1) is 0 Å². The summed E-state index contributed by atoms with van der Waals surface area (Å²) in [6.45, 7) is 2.48. The van der Waals surface area contributed by atoms with E-state index in [0.29, 0.717) is 12.4 Å². The molecule has 1 rings (SSSR count). The third-order valence-electron chi connectivity index (χ3n) is 2.36. The van der Waals surface area contributed by atoms with Crippen LogP contribution in [0.15, 0.2) is 24.3 Å². The minimum Gasteiger partial charge on any atom is -0.504 e. The van der Waals surface area contributed by atoms with Crippen molar-refractivity contribution < 1.29 is 19.4 Å². The first-order valence-corrected chi connectivity index (χ1v) is 5.89. The average molecular weight is 250 g/mol. The van der Waals surface area contributed by atoms with Crippen LogP contribution in [-0.2, 0) is 9.53 Å². The quantitative estimate of drug-likeness (QED) is 0.479. The van der Waals surface area contributed by atoms with E-state index in [1.807, 2.05) is 6.92 Å². The van der Waals surface area contributed by atoms with Crippen molar-refractivity contribution in [3.05, 3.63) is 29.8 Å². The summed E-state index contributed by atoms with van der Waals surface area (Å²) in [5.41, 5.74) is 0.761. The number of phenols is 1. The predicted octanol–water partition coefficient (Wildman–Crippen LogP) is 2.76. The molecule has 0 aliphatic heterocycles. The number of benzene rings is 1. The van der Waals surface area contributed by atoms with Crippen LogP contribution in [0.3, 0.4) is 0 Å². The molecule has 0 saturated heterocycles. The highest BCUT2D eigenvalue weighted by Gasteiger charge is 2.01. The van der Waals surface area contributed by atoms with Gasteiger partial charge >= 0.3 is 5.97 Å². The van der Waals surface area contributed by atoms with Gasteiger partial charge in [-0.2, -0.15) is 0 Å². The maximum Gasteiger partial charge on any atom is 0.330 e. The monoisotopic (exact) mass is 250 g/mol. The molecular formula is C14H18O4. The maximum absolute atomic E-state index is 11.3. The third kappa shape index (κ3) is 4.49. The smallest absolute Gasteiger partial charge is 0.330 e. The second-order valence-electron chi connectivity index (χ2n) is 3.79. The lowest BCUT2D eigenvalue weighted by Crippen LogP contribution is -2.01. The van der Waals surface area contributed by atoms with Gasteiger partial charge in [0.2, 0.25) is 0 Å². The highest BCUT2D eigenvalue weighted by Crippen LogP contribution is 2.26. The number of phenolic OH excluding ortho intramolecular Hbond substituents is 1. The highest BCUT2D eigenvalue weighted by molar-refractivity contribution is 5.87. The Morgan fingerprint density at radius 1 is 1.44 bits per heavy atom. The van der Waals surface area contributed by atoms with Gasteiger partial charge in [-0.05, 0) is 30.2 Å². The molecule has 0 amide bonds. The molecule has 4 heteroatoms. The molecule has 0 heterocycles. The fourth-order valence-corrected chi connectivity index (χ4v) is 1.33. The zero-order chi connectivity index (χ0) is 13.4. The van der Waals surface area contributed by atoms with Crippen LogP contribution in [-0.4, -0.2) is 24.8 Å². The van der Waals surface area contributed by atoms with Crippen LogP contribution in [0.5, 0.6) is 11.5 Å². The summed E-state index contributed by atoms with van der Waals surface area (Å²) >= 11 is 0. The van der Waals surface area contributed by atoms with Gasteiger partial charge in [0.1, 0.15) is 0 Å². The number of rotatable bonds is 6. The van der Waals surface area contributed by atoms with Crippen LogP contribution in [0, 0.1) is 0 Å². The Bertz CT molecular complexity index is 424. The van der Waals surface area contributed by atoms with Crippen molar-refractivity contribution in [3.8, 4) is 11.5 Å². The van der Waals surface area contributed by atoms with Crippen LogP contribution in [0.4, 0.5) is 0 Å². The normalized spacial score (nSPS) is 10.6. The van der Waals surface area contributed by atoms with Gasteiger partial charge in [0, 0.05) is 6.08 Å². The van der Waals surface area contributed by atoms with Gasteiger partial charge < -0.3 is 14.6 Å². The number of ether oxygens (including phenoxy) is 2. The number of esters is 1. The summed E-state index contributed by atoms with van der Waals surface area (Å²) in [7, 11) is 1.47. The predicted molar refractivity (Wildman–Crippen MR) is 69.6 cm³/mol. The fourth-order valence-electron chi connectivity index (χ4n) is 1.33. The molecule has 0 fully saturated rings. The molecule has 0 saturated carbocycles. The first-order chi connectivity index (χ1) is 8.67. The molecule has 1 N–H and O–H groups in total. The number of hydrogen-bond acceptors (Lipinski definition) is 4. The molecule has 0 atom stereocenters. The number of hydrogen-bond donors (Lipinski definition) is 1. The summed E-state index contributed by atoms with van der Waals surface area (Å²) in [4.78, 5) is 11.3. The van der Waals surface area contributed by atoms with E-state index in [0.717, 1.165) is 18.4 Å². The molecule has 1 aromatic carbocycles. The van der Waals surface area contributed by atoms with Crippen LogP contribution in [0.2, 0.25) is 0 Å². The Hall–Kier alpha value is -1.97. The summed E-state index contributed by atoms with van der Waals surface area (Å²) in [6, 6.07) is 4.85. The lowest BCUT2D eigenvalue weighted by Gasteiger charge is -2.03. The van der Waals surface area contributed by atoms with E-state index in [4.69, 9.17) is 9.47 Å². The Morgan fingerprint density at radius 3 is 2.89 bits per heavy atom. The Labute approximate surface area is 107 Å². The maximum atomic E-state index is 11.3. The SMILES string of the molecule is CCCCOC(=O)C=Cc1ccc(O)c(OC)c1. The molecule has 18 heavy (non-hydrogen) atoms. The van der Waals surface area contributed by atoms with E-state index >= 15 is 0 Å². The van der Waals surface area contributed by atoms with Crippen molar-refractivity contribution >= 4 is 12.0 Å². The number of unbranched alkanes of at least 4 members (excludes halogenated alkanes) is 1. The van der Waals surface area contributed by atoms with E-state index in [2.05, 4.69) is 0 Å². The van der Waals surface area contributed by atoms with Crippen LogP contribution in [0.1, 0.15) is 25.3 Å². The van der Waals surface area contributed by atoms with Crippen molar-refractivity contribution in [1.29, 1.82) is 0 Å². The summed E-state index contributed by atoms with van der Waals surface area (Å²) in [5.74, 6) is 0.0761. The molecule has 0 bridgehead atoms. The molecule has 0 radical (unpaired) electrons. The topological polar surface area (TPSA) is 55.8 Å². The largest absolute Gasteiger partial charge is 0.504 e. The van der Waals surface area contributed by atoms with Gasteiger partial charge in [-0.25, -0.2) is 4.79 Å². The molecule has 1 aromatic rings. The average Bonchev–Trinajstić information content (AvgIpc) is 2.38. The summed E-state index contributed by atoms with van der Waals surface area (Å²) < 4.78 is 9.95. The van der Waals surface area contributed by atoms with Gasteiger partial charge in [-0.1, -0.05) is 19.4 Å². The van der Waals surface area contributed by atoms with E-state index < -0.39 is 0 Å². The summed E-state index contributed by atoms with van der Waals surface area (Å²) in [5, 5.41) is 9.41. The Morgan fingerprint density at radius 2 is 2.22 bits per heavy atom. The summed E-state index contributed by atoms with van der Waals surface area (Å²) in [6.07, 6.45) is 4.84. The minimum atomic E-state index is -0.365. The molecule has 0 aliphatic rings. The molecular weight excluding hydrogens is 232 g/mol. The Balaban J connectivity index is 2.58. The van der Waals surface area contributed by atoms with E-state index in [-0.39, 0.29) is 11.7 Å². The molecule has 0 spiro atoms. The van der Waals surface area contributed by atoms with E-state index in [9.17, 15) is 9.90 Å². The zero-order valence-corrected chi connectivity index (χ0v) is 10.7. The second-order valence-corrected chi connectivity index (χ2v) is 3.79. The number of carbonyl (C=O) groups excluding carboxylic acids is 1. The minimum absolute atomic E-state index is 0.0696.